The molecule has 7 rings (SSSR count). The van der Waals surface area contributed by atoms with Crippen molar-refractivity contribution in [1.82, 2.24) is 0 Å². The molecule has 0 amide bonds. The van der Waals surface area contributed by atoms with Crippen LogP contribution in [0.1, 0.15) is 61.1 Å². The molecule has 0 saturated heterocycles. The number of carbonyl (C=O) groups is 1. The van der Waals surface area contributed by atoms with Gasteiger partial charge in [0.1, 0.15) is 5.76 Å². The van der Waals surface area contributed by atoms with E-state index in [1.54, 1.807) is 12.2 Å². The van der Waals surface area contributed by atoms with E-state index in [-0.39, 0.29) is 16.9 Å². The average molecular weight is 928 g/mol. The summed E-state index contributed by atoms with van der Waals surface area (Å²) < 4.78 is 94.0. The summed E-state index contributed by atoms with van der Waals surface area (Å²) in [7, 11) is 1.45. The minimum atomic E-state index is -4.56. The van der Waals surface area contributed by atoms with Gasteiger partial charge in [0, 0.05) is 56.4 Å². The standard InChI is InChI=1S/C46H41Br2F6N2O2/c1-43(2)26-29-14-15-30(45(49,50)51)22-37(29)55(20-18-27-10-6-8-12-35(27)47)39(43)24-32-41(57)33(42(32)58-5)25-40-44(3,4)34-17-16-31(46(52,53)54)23-38(34)56(40)21-19-28-11-7-9-13-36(28)48/h6-17,22-25H,18-21,26H2,1-5H3/q+1. The molecule has 0 fully saturated rings. The zero-order valence-electron chi connectivity index (χ0n) is 32.5. The zero-order valence-corrected chi connectivity index (χ0v) is 35.7. The number of methoxy groups -OCH3 is 1. The van der Waals surface area contributed by atoms with Crippen molar-refractivity contribution in [2.75, 3.05) is 25.1 Å². The lowest BCUT2D eigenvalue weighted by atomic mass is 9.75. The molecule has 4 aromatic carbocycles. The van der Waals surface area contributed by atoms with E-state index in [0.29, 0.717) is 66.5 Å². The lowest BCUT2D eigenvalue weighted by Gasteiger charge is -2.32. The Morgan fingerprint density at radius 3 is 1.98 bits per heavy atom. The fourth-order valence-corrected chi connectivity index (χ4v) is 9.30. The molecule has 0 saturated carbocycles. The maximum absolute atomic E-state index is 14.4. The minimum absolute atomic E-state index is 0.264. The number of hydrogen-bond acceptors (Lipinski definition) is 3. The van der Waals surface area contributed by atoms with Gasteiger partial charge in [0.05, 0.1) is 34.8 Å². The molecule has 0 unspecified atom stereocenters. The number of carbonyl (C=O) groups excluding carboxylic acids is 1. The topological polar surface area (TPSA) is 32.5 Å². The van der Waals surface area contributed by atoms with Crippen molar-refractivity contribution in [3.05, 3.63) is 162 Å². The van der Waals surface area contributed by atoms with Crippen LogP contribution in [-0.4, -0.2) is 36.3 Å². The van der Waals surface area contributed by atoms with Crippen LogP contribution in [0.2, 0.25) is 0 Å². The van der Waals surface area contributed by atoms with E-state index in [1.165, 1.54) is 31.4 Å². The fourth-order valence-electron chi connectivity index (χ4n) is 8.34. The van der Waals surface area contributed by atoms with Crippen molar-refractivity contribution >= 4 is 54.7 Å². The highest BCUT2D eigenvalue weighted by Gasteiger charge is 2.46. The van der Waals surface area contributed by atoms with Gasteiger partial charge in [-0.05, 0) is 79.8 Å². The molecule has 0 atom stereocenters. The summed E-state index contributed by atoms with van der Waals surface area (Å²) in [6.07, 6.45) is -4.22. The molecule has 4 aromatic rings. The number of alkyl halides is 6. The Balaban J connectivity index is 1.36. The van der Waals surface area contributed by atoms with Crippen LogP contribution in [0.25, 0.3) is 0 Å². The minimum Gasteiger partial charge on any atom is -0.495 e. The number of rotatable bonds is 9. The predicted octanol–water partition coefficient (Wildman–Crippen LogP) is 12.5. The number of ketones is 1. The van der Waals surface area contributed by atoms with Crippen LogP contribution < -0.4 is 4.90 Å². The number of nitrogens with zero attached hydrogens (tertiary/aromatic N) is 2. The Morgan fingerprint density at radius 2 is 1.38 bits per heavy atom. The van der Waals surface area contributed by atoms with Gasteiger partial charge in [-0.15, -0.1) is 0 Å². The molecule has 0 bridgehead atoms. The molecule has 3 aliphatic rings. The van der Waals surface area contributed by atoms with E-state index in [1.807, 2.05) is 85.7 Å². The maximum Gasteiger partial charge on any atom is 0.416 e. The first-order valence-corrected chi connectivity index (χ1v) is 20.4. The Hall–Kier alpha value is -4.42. The Labute approximate surface area is 350 Å². The number of halogens is 8. The van der Waals surface area contributed by atoms with Crippen molar-refractivity contribution in [1.29, 1.82) is 0 Å². The molecule has 2 heterocycles. The van der Waals surface area contributed by atoms with Crippen molar-refractivity contribution in [3.8, 4) is 0 Å². The molecule has 0 radical (unpaired) electrons. The van der Waals surface area contributed by atoms with Crippen LogP contribution in [-0.2, 0) is 46.6 Å². The van der Waals surface area contributed by atoms with Crippen LogP contribution >= 0.6 is 31.9 Å². The second kappa shape index (κ2) is 15.3. The van der Waals surface area contributed by atoms with Gasteiger partial charge in [-0.1, -0.05) is 94.2 Å². The van der Waals surface area contributed by atoms with Crippen LogP contribution in [0, 0.1) is 5.41 Å². The third-order valence-electron chi connectivity index (χ3n) is 11.4. The first-order valence-electron chi connectivity index (χ1n) is 18.8. The second-order valence-corrected chi connectivity index (χ2v) is 17.7. The lowest BCUT2D eigenvalue weighted by molar-refractivity contribution is -0.446. The Kier molecular flexibility index (Phi) is 11.0. The van der Waals surface area contributed by atoms with Crippen molar-refractivity contribution in [3.63, 3.8) is 0 Å². The summed E-state index contributed by atoms with van der Waals surface area (Å²) >= 11 is 7.19. The molecular weight excluding hydrogens is 886 g/mol. The lowest BCUT2D eigenvalue weighted by Crippen LogP contribution is -2.39. The van der Waals surface area contributed by atoms with Crippen LogP contribution in [0.15, 0.2) is 129 Å². The molecule has 58 heavy (non-hydrogen) atoms. The SMILES string of the molecule is COC1=C(/C=C2/N(CCc3ccccc3Br)c3cc(C(F)(F)F)ccc3C2(C)C)C(=O)/C1=C\C1=[N+](CCc2ccccc2Br)c2cc(C(F)(F)F)ccc2CC1(C)C. The smallest absolute Gasteiger partial charge is 0.416 e. The number of benzene rings is 4. The number of Topliss-reactive ketones (excluding diaryl/α,β-unsaturated/α-hetero) is 1. The van der Waals surface area contributed by atoms with Gasteiger partial charge >= 0.3 is 12.4 Å². The average Bonchev–Trinajstić information content (AvgIpc) is 3.36. The van der Waals surface area contributed by atoms with E-state index >= 15 is 0 Å². The summed E-state index contributed by atoms with van der Waals surface area (Å²) in [5.74, 6) is -0.0309. The van der Waals surface area contributed by atoms with Gasteiger partial charge in [-0.2, -0.15) is 30.9 Å². The maximum atomic E-state index is 14.4. The number of hydrogen-bond donors (Lipinski definition) is 0. The predicted molar refractivity (Wildman–Crippen MR) is 221 cm³/mol. The largest absolute Gasteiger partial charge is 0.495 e. The number of anilines is 1. The summed E-state index contributed by atoms with van der Waals surface area (Å²) in [6.45, 7) is 8.51. The first kappa shape index (κ1) is 41.7. The van der Waals surface area contributed by atoms with Crippen molar-refractivity contribution in [2.24, 2.45) is 5.41 Å². The Bertz CT molecular complexity index is 2460. The van der Waals surface area contributed by atoms with Crippen LogP contribution in [0.3, 0.4) is 0 Å². The monoisotopic (exact) mass is 925 g/mol. The summed E-state index contributed by atoms with van der Waals surface area (Å²) in [6, 6.07) is 22.9. The molecule has 0 spiro atoms. The molecule has 12 heteroatoms. The second-order valence-electron chi connectivity index (χ2n) is 16.0. The molecule has 0 N–H and O–H groups in total. The first-order chi connectivity index (χ1) is 27.2. The van der Waals surface area contributed by atoms with E-state index < -0.39 is 34.3 Å². The number of ether oxygens (including phenoxy) is 1. The normalized spacial score (nSPS) is 18.8. The van der Waals surface area contributed by atoms with Gasteiger partial charge in [-0.25, -0.2) is 0 Å². The summed E-state index contributed by atoms with van der Waals surface area (Å²) in [4.78, 5) is 16.2. The Morgan fingerprint density at radius 1 is 0.793 bits per heavy atom. The summed E-state index contributed by atoms with van der Waals surface area (Å²) in [5.41, 5.74) is 3.16. The molecule has 1 aliphatic carbocycles. The molecule has 2 aliphatic heterocycles. The summed E-state index contributed by atoms with van der Waals surface area (Å²) in [5, 5.41) is 0. The van der Waals surface area contributed by atoms with Gasteiger partial charge in [0.25, 0.3) is 0 Å². The van der Waals surface area contributed by atoms with Gasteiger partial charge in [-0.3, -0.25) is 4.79 Å². The van der Waals surface area contributed by atoms with Crippen molar-refractivity contribution < 1.29 is 40.4 Å². The highest BCUT2D eigenvalue weighted by atomic mass is 79.9. The third kappa shape index (κ3) is 7.74. The highest BCUT2D eigenvalue weighted by Crippen LogP contribution is 2.51. The van der Waals surface area contributed by atoms with E-state index in [9.17, 15) is 31.1 Å². The van der Waals surface area contributed by atoms with Crippen LogP contribution in [0.5, 0.6) is 0 Å². The van der Waals surface area contributed by atoms with E-state index in [4.69, 9.17) is 4.74 Å². The van der Waals surface area contributed by atoms with Gasteiger partial charge in [0.2, 0.25) is 11.5 Å². The quantitative estimate of drug-likeness (QED) is 0.0952. The zero-order chi connectivity index (χ0) is 41.9. The van der Waals surface area contributed by atoms with Crippen molar-refractivity contribution in [2.45, 2.75) is 64.7 Å². The molecule has 4 nitrogen and oxygen atoms in total. The number of fused-ring (bicyclic) bond motifs is 2. The molecule has 0 aromatic heterocycles. The van der Waals surface area contributed by atoms with E-state index in [0.717, 1.165) is 37.8 Å². The molecule has 302 valence electrons. The van der Waals surface area contributed by atoms with Gasteiger partial charge in [0.15, 0.2) is 12.3 Å². The number of allylic oxidation sites excluding steroid dienone is 5. The molecular formula is C46H41Br2F6N2O2+. The highest BCUT2D eigenvalue weighted by molar-refractivity contribution is 9.10. The van der Waals surface area contributed by atoms with E-state index in [2.05, 4.69) is 31.9 Å². The fraction of sp³-hybridized carbons (Fsp3) is 0.304. The van der Waals surface area contributed by atoms with Crippen LogP contribution in [0.4, 0.5) is 37.7 Å². The van der Waals surface area contributed by atoms with Gasteiger partial charge < -0.3 is 9.64 Å². The third-order valence-corrected chi connectivity index (χ3v) is 13.0.